The van der Waals surface area contributed by atoms with Crippen LogP contribution in [0.5, 0.6) is 0 Å². The molecule has 5 nitrogen and oxygen atoms in total. The largest absolute Gasteiger partial charge is 0.389 e. The number of nitriles is 1. The Labute approximate surface area is 113 Å². The first kappa shape index (κ1) is 15.6. The average molecular weight is 282 g/mol. The summed E-state index contributed by atoms with van der Waals surface area (Å²) in [5.74, 6) is -0.267. The Kier molecular flexibility index (Phi) is 5.06. The van der Waals surface area contributed by atoms with Crippen molar-refractivity contribution in [3.63, 3.8) is 0 Å². The summed E-state index contributed by atoms with van der Waals surface area (Å²) in [6, 6.07) is 8.52. The molecule has 0 saturated carbocycles. The number of hydrogen-bond acceptors (Lipinski definition) is 4. The number of rotatable bonds is 6. The summed E-state index contributed by atoms with van der Waals surface area (Å²) in [6.45, 7) is 3.30. The Bertz CT molecular complexity index is 574. The molecule has 0 bridgehead atoms. The quantitative estimate of drug-likeness (QED) is 0.818. The van der Waals surface area contributed by atoms with Crippen LogP contribution in [0.3, 0.4) is 0 Å². The van der Waals surface area contributed by atoms with Gasteiger partial charge in [0.15, 0.2) is 0 Å². The maximum atomic E-state index is 11.9. The number of hydrogen-bond donors (Lipinski definition) is 2. The molecule has 0 heterocycles. The van der Waals surface area contributed by atoms with Crippen molar-refractivity contribution in [2.75, 3.05) is 6.54 Å². The van der Waals surface area contributed by atoms with Crippen LogP contribution >= 0.6 is 0 Å². The Hall–Kier alpha value is -1.42. The van der Waals surface area contributed by atoms with Gasteiger partial charge in [-0.1, -0.05) is 25.1 Å². The highest BCUT2D eigenvalue weighted by atomic mass is 32.2. The summed E-state index contributed by atoms with van der Waals surface area (Å²) in [5.41, 5.74) is -0.272. The van der Waals surface area contributed by atoms with Crippen molar-refractivity contribution < 1.29 is 13.5 Å². The van der Waals surface area contributed by atoms with Gasteiger partial charge in [-0.2, -0.15) is 5.26 Å². The third-order valence-electron chi connectivity index (χ3n) is 2.92. The van der Waals surface area contributed by atoms with Gasteiger partial charge in [-0.15, -0.1) is 0 Å². The summed E-state index contributed by atoms with van der Waals surface area (Å²) in [4.78, 5) is 0. The van der Waals surface area contributed by atoms with E-state index in [0.717, 1.165) is 0 Å². The van der Waals surface area contributed by atoms with E-state index in [1.807, 2.05) is 6.07 Å². The van der Waals surface area contributed by atoms with Gasteiger partial charge >= 0.3 is 0 Å². The highest BCUT2D eigenvalue weighted by Crippen LogP contribution is 2.12. The van der Waals surface area contributed by atoms with E-state index in [1.54, 1.807) is 38.1 Å². The molecule has 1 unspecified atom stereocenters. The minimum atomic E-state index is -3.57. The Morgan fingerprint density at radius 3 is 2.63 bits per heavy atom. The SMILES string of the molecule is CCC(C)(O)CNS(=O)(=O)Cc1ccccc1C#N. The van der Waals surface area contributed by atoms with Crippen molar-refractivity contribution in [3.05, 3.63) is 35.4 Å². The molecule has 1 aromatic rings. The lowest BCUT2D eigenvalue weighted by molar-refractivity contribution is 0.0613. The van der Waals surface area contributed by atoms with Gasteiger partial charge in [-0.05, 0) is 25.0 Å². The monoisotopic (exact) mass is 282 g/mol. The second kappa shape index (κ2) is 6.15. The molecule has 0 aromatic heterocycles. The van der Waals surface area contributed by atoms with E-state index in [4.69, 9.17) is 5.26 Å². The molecule has 0 saturated heterocycles. The van der Waals surface area contributed by atoms with Crippen molar-refractivity contribution in [1.82, 2.24) is 4.72 Å². The van der Waals surface area contributed by atoms with Gasteiger partial charge in [0.2, 0.25) is 10.0 Å². The number of nitrogens with zero attached hydrogens (tertiary/aromatic N) is 1. The van der Waals surface area contributed by atoms with Crippen LogP contribution in [0.25, 0.3) is 0 Å². The first-order valence-corrected chi connectivity index (χ1v) is 7.62. The van der Waals surface area contributed by atoms with E-state index in [1.165, 1.54) is 0 Å². The third kappa shape index (κ3) is 4.99. The topological polar surface area (TPSA) is 90.2 Å². The second-order valence-corrected chi connectivity index (χ2v) is 6.51. The van der Waals surface area contributed by atoms with Crippen LogP contribution < -0.4 is 4.72 Å². The zero-order chi connectivity index (χ0) is 14.5. The van der Waals surface area contributed by atoms with E-state index in [2.05, 4.69) is 4.72 Å². The summed E-state index contributed by atoms with van der Waals surface area (Å²) < 4.78 is 26.2. The Morgan fingerprint density at radius 1 is 1.42 bits per heavy atom. The van der Waals surface area contributed by atoms with E-state index < -0.39 is 15.6 Å². The van der Waals surface area contributed by atoms with Crippen LogP contribution in [0.2, 0.25) is 0 Å². The lowest BCUT2D eigenvalue weighted by Gasteiger charge is -2.21. The second-order valence-electron chi connectivity index (χ2n) is 4.70. The third-order valence-corrected chi connectivity index (χ3v) is 4.19. The predicted octanol–water partition coefficient (Wildman–Crippen LogP) is 1.14. The standard InChI is InChI=1S/C13H18N2O3S/c1-3-13(2,16)10-15-19(17,18)9-12-7-5-4-6-11(12)8-14/h4-7,15-16H,3,9-10H2,1-2H3. The fraction of sp³-hybridized carbons (Fsp3) is 0.462. The van der Waals surface area contributed by atoms with Crippen molar-refractivity contribution in [1.29, 1.82) is 5.26 Å². The first-order chi connectivity index (χ1) is 8.79. The zero-order valence-electron chi connectivity index (χ0n) is 11.0. The summed E-state index contributed by atoms with van der Waals surface area (Å²) in [6.07, 6.45) is 0.449. The van der Waals surface area contributed by atoms with Crippen LogP contribution in [0.1, 0.15) is 31.4 Å². The summed E-state index contributed by atoms with van der Waals surface area (Å²) in [7, 11) is -3.57. The molecular weight excluding hydrogens is 264 g/mol. The molecule has 0 amide bonds. The molecular formula is C13H18N2O3S. The minimum Gasteiger partial charge on any atom is -0.389 e. The van der Waals surface area contributed by atoms with Gasteiger partial charge in [0.05, 0.1) is 23.0 Å². The highest BCUT2D eigenvalue weighted by Gasteiger charge is 2.21. The number of aliphatic hydroxyl groups is 1. The van der Waals surface area contributed by atoms with Crippen molar-refractivity contribution >= 4 is 10.0 Å². The fourth-order valence-corrected chi connectivity index (χ4v) is 2.70. The van der Waals surface area contributed by atoms with Gasteiger partial charge in [-0.3, -0.25) is 0 Å². The molecule has 2 N–H and O–H groups in total. The van der Waals surface area contributed by atoms with E-state index in [9.17, 15) is 13.5 Å². The minimum absolute atomic E-state index is 0.0411. The van der Waals surface area contributed by atoms with Crippen molar-refractivity contribution in [2.45, 2.75) is 31.6 Å². The zero-order valence-corrected chi connectivity index (χ0v) is 11.9. The predicted molar refractivity (Wildman–Crippen MR) is 72.7 cm³/mol. The molecule has 0 aliphatic carbocycles. The summed E-state index contributed by atoms with van der Waals surface area (Å²) >= 11 is 0. The molecule has 0 aliphatic rings. The van der Waals surface area contributed by atoms with Crippen LogP contribution in [-0.4, -0.2) is 25.7 Å². The van der Waals surface area contributed by atoms with E-state index in [0.29, 0.717) is 17.5 Å². The van der Waals surface area contributed by atoms with Crippen molar-refractivity contribution in [2.24, 2.45) is 0 Å². The Balaban J connectivity index is 2.78. The van der Waals surface area contributed by atoms with Crippen LogP contribution in [0.15, 0.2) is 24.3 Å². The van der Waals surface area contributed by atoms with Crippen LogP contribution in [-0.2, 0) is 15.8 Å². The normalized spacial score (nSPS) is 14.6. The number of benzene rings is 1. The molecule has 6 heteroatoms. The van der Waals surface area contributed by atoms with Gasteiger partial charge in [0, 0.05) is 6.54 Å². The van der Waals surface area contributed by atoms with Crippen molar-refractivity contribution in [3.8, 4) is 6.07 Å². The molecule has 0 aliphatic heterocycles. The van der Waals surface area contributed by atoms with Gasteiger partial charge < -0.3 is 5.11 Å². The average Bonchev–Trinajstić information content (AvgIpc) is 2.37. The molecule has 19 heavy (non-hydrogen) atoms. The molecule has 0 spiro atoms. The van der Waals surface area contributed by atoms with E-state index in [-0.39, 0.29) is 12.3 Å². The molecule has 1 rings (SSSR count). The van der Waals surface area contributed by atoms with Gasteiger partial charge in [-0.25, -0.2) is 13.1 Å². The van der Waals surface area contributed by atoms with Gasteiger partial charge in [0.1, 0.15) is 0 Å². The lowest BCUT2D eigenvalue weighted by atomic mass is 10.1. The summed E-state index contributed by atoms with van der Waals surface area (Å²) in [5, 5.41) is 18.7. The lowest BCUT2D eigenvalue weighted by Crippen LogP contribution is -2.40. The number of sulfonamides is 1. The molecule has 0 radical (unpaired) electrons. The molecule has 0 fully saturated rings. The maximum absolute atomic E-state index is 11.9. The Morgan fingerprint density at radius 2 is 2.05 bits per heavy atom. The smallest absolute Gasteiger partial charge is 0.215 e. The van der Waals surface area contributed by atoms with Crippen LogP contribution in [0.4, 0.5) is 0 Å². The molecule has 104 valence electrons. The maximum Gasteiger partial charge on any atom is 0.215 e. The van der Waals surface area contributed by atoms with Crippen LogP contribution in [0, 0.1) is 11.3 Å². The number of nitrogens with one attached hydrogen (secondary N) is 1. The highest BCUT2D eigenvalue weighted by molar-refractivity contribution is 7.88. The van der Waals surface area contributed by atoms with Gasteiger partial charge in [0.25, 0.3) is 0 Å². The fourth-order valence-electron chi connectivity index (χ4n) is 1.40. The molecule has 1 atom stereocenters. The first-order valence-electron chi connectivity index (χ1n) is 5.97. The van der Waals surface area contributed by atoms with E-state index >= 15 is 0 Å². The molecule has 1 aromatic carbocycles.